The third-order valence-electron chi connectivity index (χ3n) is 3.73. The van der Waals surface area contributed by atoms with Crippen molar-refractivity contribution in [1.82, 2.24) is 5.32 Å². The predicted molar refractivity (Wildman–Crippen MR) is 108 cm³/mol. The van der Waals surface area contributed by atoms with Crippen LogP contribution in [0.2, 0.25) is 0 Å². The molecule has 0 atom stereocenters. The van der Waals surface area contributed by atoms with Crippen LogP contribution in [-0.4, -0.2) is 18.7 Å². The van der Waals surface area contributed by atoms with E-state index < -0.39 is 0 Å². The number of hydrogen-bond acceptors (Lipinski definition) is 3. The first-order valence-electron chi connectivity index (χ1n) is 8.12. The standard InChI is InChI=1S/C21H20N2O2S/c1-4-13-25-19-11-7-16(14-20(19)24-3)8-12-21(26)23-15-17-5-9-18(22-2)10-6-17/h1,5-7,9-11,14H,8,12-13,15H2,3H3,(H,23,26). The van der Waals surface area contributed by atoms with Crippen molar-refractivity contribution in [2.45, 2.75) is 19.4 Å². The Morgan fingerprint density at radius 3 is 2.58 bits per heavy atom. The number of nitrogens with zero attached hydrogens (tertiary/aromatic N) is 1. The molecule has 2 rings (SSSR count). The smallest absolute Gasteiger partial charge is 0.187 e. The lowest BCUT2D eigenvalue weighted by molar-refractivity contribution is 0.330. The van der Waals surface area contributed by atoms with Crippen molar-refractivity contribution in [2.75, 3.05) is 13.7 Å². The molecule has 0 aliphatic rings. The molecule has 2 aromatic rings. The Morgan fingerprint density at radius 2 is 1.92 bits per heavy atom. The normalized spacial score (nSPS) is 9.65. The van der Waals surface area contributed by atoms with Crippen LogP contribution in [-0.2, 0) is 13.0 Å². The zero-order chi connectivity index (χ0) is 18.8. The van der Waals surface area contributed by atoms with Gasteiger partial charge in [-0.1, -0.05) is 48.5 Å². The fourth-order valence-electron chi connectivity index (χ4n) is 2.34. The van der Waals surface area contributed by atoms with Crippen molar-refractivity contribution >= 4 is 22.9 Å². The van der Waals surface area contributed by atoms with Crippen LogP contribution in [0.4, 0.5) is 5.69 Å². The lowest BCUT2D eigenvalue weighted by atomic mass is 10.1. The Morgan fingerprint density at radius 1 is 1.19 bits per heavy atom. The van der Waals surface area contributed by atoms with Crippen molar-refractivity contribution in [3.8, 4) is 23.8 Å². The summed E-state index contributed by atoms with van der Waals surface area (Å²) in [5.41, 5.74) is 2.84. The average molecular weight is 364 g/mol. The van der Waals surface area contributed by atoms with Gasteiger partial charge in [0.1, 0.15) is 6.61 Å². The Kier molecular flexibility index (Phi) is 7.49. The molecule has 0 spiro atoms. The highest BCUT2D eigenvalue weighted by Crippen LogP contribution is 2.28. The van der Waals surface area contributed by atoms with Crippen molar-refractivity contribution < 1.29 is 9.47 Å². The molecule has 0 bridgehead atoms. The van der Waals surface area contributed by atoms with Crippen LogP contribution < -0.4 is 14.8 Å². The molecule has 0 aliphatic heterocycles. The molecular weight excluding hydrogens is 344 g/mol. The van der Waals surface area contributed by atoms with Gasteiger partial charge < -0.3 is 14.8 Å². The van der Waals surface area contributed by atoms with Crippen LogP contribution in [0.25, 0.3) is 4.85 Å². The topological polar surface area (TPSA) is 34.9 Å². The van der Waals surface area contributed by atoms with Crippen LogP contribution in [0.1, 0.15) is 17.5 Å². The van der Waals surface area contributed by atoms with Gasteiger partial charge >= 0.3 is 0 Å². The van der Waals surface area contributed by atoms with E-state index in [-0.39, 0.29) is 6.61 Å². The minimum atomic E-state index is 0.209. The zero-order valence-corrected chi connectivity index (χ0v) is 15.4. The third kappa shape index (κ3) is 5.81. The van der Waals surface area contributed by atoms with Crippen molar-refractivity contribution in [3.05, 3.63) is 65.0 Å². The second-order valence-corrected chi connectivity index (χ2v) is 6.03. The molecule has 0 aromatic heterocycles. The molecule has 4 nitrogen and oxygen atoms in total. The van der Waals surface area contributed by atoms with E-state index in [0.29, 0.717) is 23.7 Å². The second-order valence-electron chi connectivity index (χ2n) is 5.53. The lowest BCUT2D eigenvalue weighted by Gasteiger charge is -2.12. The molecule has 0 unspecified atom stereocenters. The minimum Gasteiger partial charge on any atom is -0.493 e. The Balaban J connectivity index is 1.84. The SMILES string of the molecule is [C-]#[N+]c1ccc(CNC(=S)CCc2ccc(OCC#C)c(OC)c2)cc1. The first-order chi connectivity index (χ1) is 12.7. The fraction of sp³-hybridized carbons (Fsp3) is 0.238. The maximum Gasteiger partial charge on any atom is 0.187 e. The van der Waals surface area contributed by atoms with E-state index in [9.17, 15) is 0 Å². The van der Waals surface area contributed by atoms with Gasteiger partial charge in [-0.25, -0.2) is 4.85 Å². The number of benzene rings is 2. The third-order valence-corrected chi connectivity index (χ3v) is 4.08. The Labute approximate surface area is 160 Å². The highest BCUT2D eigenvalue weighted by Gasteiger charge is 2.06. The van der Waals surface area contributed by atoms with Gasteiger partial charge in [0.25, 0.3) is 0 Å². The molecule has 0 heterocycles. The molecule has 26 heavy (non-hydrogen) atoms. The molecule has 2 aromatic carbocycles. The first kappa shape index (κ1) is 19.3. The summed E-state index contributed by atoms with van der Waals surface area (Å²) in [6.45, 7) is 7.82. The maximum atomic E-state index is 6.96. The van der Waals surface area contributed by atoms with Gasteiger partial charge in [0.2, 0.25) is 0 Å². The van der Waals surface area contributed by atoms with E-state index >= 15 is 0 Å². The van der Waals surface area contributed by atoms with Crippen LogP contribution in [0, 0.1) is 18.9 Å². The molecule has 0 saturated carbocycles. The number of aryl methyl sites for hydroxylation is 1. The van der Waals surface area contributed by atoms with Crippen LogP contribution in [0.5, 0.6) is 11.5 Å². The monoisotopic (exact) mass is 364 g/mol. The average Bonchev–Trinajstić information content (AvgIpc) is 2.69. The second kappa shape index (κ2) is 10.1. The minimum absolute atomic E-state index is 0.209. The van der Waals surface area contributed by atoms with Crippen LogP contribution in [0.15, 0.2) is 42.5 Å². The molecule has 1 N–H and O–H groups in total. The number of rotatable bonds is 8. The van der Waals surface area contributed by atoms with Gasteiger partial charge in [0.05, 0.1) is 18.7 Å². The van der Waals surface area contributed by atoms with Gasteiger partial charge in [0.15, 0.2) is 17.2 Å². The van der Waals surface area contributed by atoms with E-state index in [1.54, 1.807) is 7.11 Å². The van der Waals surface area contributed by atoms with Crippen molar-refractivity contribution in [1.29, 1.82) is 0 Å². The van der Waals surface area contributed by atoms with Crippen molar-refractivity contribution in [2.24, 2.45) is 0 Å². The largest absolute Gasteiger partial charge is 0.493 e. The van der Waals surface area contributed by atoms with E-state index in [2.05, 4.69) is 16.1 Å². The van der Waals surface area contributed by atoms with Gasteiger partial charge in [-0.05, 0) is 29.7 Å². The molecule has 0 amide bonds. The molecule has 5 heteroatoms. The molecule has 132 valence electrons. The summed E-state index contributed by atoms with van der Waals surface area (Å²) < 4.78 is 10.8. The highest BCUT2D eigenvalue weighted by atomic mass is 32.1. The number of nitrogens with one attached hydrogen (secondary N) is 1. The zero-order valence-electron chi connectivity index (χ0n) is 14.6. The van der Waals surface area contributed by atoms with Crippen LogP contribution in [0.3, 0.4) is 0 Å². The van der Waals surface area contributed by atoms with Gasteiger partial charge in [-0.2, -0.15) is 0 Å². The predicted octanol–water partition coefficient (Wildman–Crippen LogP) is 4.31. The van der Waals surface area contributed by atoms with Crippen LogP contribution >= 0.6 is 12.2 Å². The Bertz CT molecular complexity index is 833. The molecule has 0 radical (unpaired) electrons. The summed E-state index contributed by atoms with van der Waals surface area (Å²) in [4.78, 5) is 4.18. The quantitative estimate of drug-likeness (QED) is 0.430. The fourth-order valence-corrected chi connectivity index (χ4v) is 2.52. The number of methoxy groups -OCH3 is 1. The van der Waals surface area contributed by atoms with Crippen molar-refractivity contribution in [3.63, 3.8) is 0 Å². The molecular formula is C21H20N2O2S. The highest BCUT2D eigenvalue weighted by molar-refractivity contribution is 7.80. The van der Waals surface area contributed by atoms with Gasteiger partial charge in [-0.3, -0.25) is 0 Å². The van der Waals surface area contributed by atoms with E-state index in [0.717, 1.165) is 29.0 Å². The number of ether oxygens (including phenoxy) is 2. The molecule has 0 saturated heterocycles. The summed E-state index contributed by atoms with van der Waals surface area (Å²) in [7, 11) is 1.60. The summed E-state index contributed by atoms with van der Waals surface area (Å²) in [6.07, 6.45) is 6.75. The van der Waals surface area contributed by atoms with E-state index in [1.807, 2.05) is 42.5 Å². The summed E-state index contributed by atoms with van der Waals surface area (Å²) in [6, 6.07) is 13.3. The lowest BCUT2D eigenvalue weighted by Crippen LogP contribution is -2.21. The first-order valence-corrected chi connectivity index (χ1v) is 8.53. The van der Waals surface area contributed by atoms with Gasteiger partial charge in [0, 0.05) is 13.0 Å². The summed E-state index contributed by atoms with van der Waals surface area (Å²) in [5, 5.41) is 3.25. The number of terminal acetylenes is 1. The summed E-state index contributed by atoms with van der Waals surface area (Å²) in [5.74, 6) is 3.74. The number of hydrogen-bond donors (Lipinski definition) is 1. The van der Waals surface area contributed by atoms with Gasteiger partial charge in [-0.15, -0.1) is 6.42 Å². The molecule has 0 aliphatic carbocycles. The van der Waals surface area contributed by atoms with E-state index in [1.165, 1.54) is 0 Å². The van der Waals surface area contributed by atoms with E-state index in [4.69, 9.17) is 34.7 Å². The molecule has 0 fully saturated rings. The number of thiocarbonyl (C=S) groups is 1. The maximum absolute atomic E-state index is 6.96. The summed E-state index contributed by atoms with van der Waals surface area (Å²) >= 11 is 5.41. The Hall–Kier alpha value is -3.02.